The van der Waals surface area contributed by atoms with E-state index >= 15 is 0 Å². The molecule has 0 aliphatic heterocycles. The number of alkyl halides is 3. The molecule has 142 valence electrons. The molecule has 26 heavy (non-hydrogen) atoms. The van der Waals surface area contributed by atoms with E-state index in [0.29, 0.717) is 6.54 Å². The number of hydrogen-bond donors (Lipinski definition) is 1. The van der Waals surface area contributed by atoms with Crippen molar-refractivity contribution in [3.8, 4) is 5.75 Å². The van der Waals surface area contributed by atoms with Gasteiger partial charge in [-0.25, -0.2) is 4.68 Å². The van der Waals surface area contributed by atoms with Crippen molar-refractivity contribution in [1.82, 2.24) is 20.0 Å². The van der Waals surface area contributed by atoms with E-state index in [1.807, 2.05) is 19.0 Å². The lowest BCUT2D eigenvalue weighted by molar-refractivity contribution is -0.137. The van der Waals surface area contributed by atoms with Crippen LogP contribution in [0.3, 0.4) is 0 Å². The maximum atomic E-state index is 12.7. The van der Waals surface area contributed by atoms with E-state index in [1.54, 1.807) is 0 Å². The van der Waals surface area contributed by atoms with Crippen LogP contribution in [0.5, 0.6) is 5.75 Å². The third kappa shape index (κ3) is 6.07. The Hall–Kier alpha value is -2.55. The monoisotopic (exact) mass is 370 g/mol. The second-order valence-corrected chi connectivity index (χ2v) is 5.95. The molecule has 1 heterocycles. The number of benzene rings is 1. The molecule has 0 unspecified atom stereocenters. The van der Waals surface area contributed by atoms with Gasteiger partial charge in [-0.3, -0.25) is 4.79 Å². The third-order valence-corrected chi connectivity index (χ3v) is 3.47. The fourth-order valence-electron chi connectivity index (χ4n) is 2.15. The fourth-order valence-corrected chi connectivity index (χ4v) is 2.15. The first kappa shape index (κ1) is 19.8. The number of halogens is 3. The lowest BCUT2D eigenvalue weighted by Crippen LogP contribution is -2.27. The highest BCUT2D eigenvalue weighted by molar-refractivity contribution is 5.92. The van der Waals surface area contributed by atoms with Crippen molar-refractivity contribution < 1.29 is 22.7 Å². The summed E-state index contributed by atoms with van der Waals surface area (Å²) in [7, 11) is 3.90. The van der Waals surface area contributed by atoms with Crippen molar-refractivity contribution >= 4 is 5.91 Å². The minimum atomic E-state index is -4.43. The third-order valence-electron chi connectivity index (χ3n) is 3.47. The summed E-state index contributed by atoms with van der Waals surface area (Å²) in [6.07, 6.45) is -2.08. The van der Waals surface area contributed by atoms with Gasteiger partial charge in [0.15, 0.2) is 6.73 Å². The number of nitrogens with one attached hydrogen (secondary N) is 1. The topological polar surface area (TPSA) is 59.4 Å². The van der Waals surface area contributed by atoms with E-state index in [4.69, 9.17) is 4.74 Å². The van der Waals surface area contributed by atoms with E-state index in [1.165, 1.54) is 29.1 Å². The lowest BCUT2D eigenvalue weighted by atomic mass is 10.2. The van der Waals surface area contributed by atoms with Crippen LogP contribution in [0.4, 0.5) is 13.2 Å². The summed E-state index contributed by atoms with van der Waals surface area (Å²) in [4.78, 5) is 14.0. The Bertz CT molecular complexity index is 729. The molecule has 1 aromatic carbocycles. The van der Waals surface area contributed by atoms with Gasteiger partial charge in [-0.2, -0.15) is 18.3 Å². The summed E-state index contributed by atoms with van der Waals surface area (Å²) in [6, 6.07) is 6.11. The van der Waals surface area contributed by atoms with Gasteiger partial charge in [-0.05, 0) is 51.3 Å². The molecule has 0 saturated heterocycles. The first-order valence-electron chi connectivity index (χ1n) is 8.02. The number of carbonyl (C=O) groups excluding carboxylic acids is 1. The van der Waals surface area contributed by atoms with Gasteiger partial charge >= 0.3 is 6.18 Å². The minimum absolute atomic E-state index is 0.0741. The Kier molecular flexibility index (Phi) is 6.62. The predicted molar refractivity (Wildman–Crippen MR) is 89.8 cm³/mol. The highest BCUT2D eigenvalue weighted by Gasteiger charge is 2.30. The molecule has 0 radical (unpaired) electrons. The summed E-state index contributed by atoms with van der Waals surface area (Å²) in [6.45, 7) is 1.29. The average Bonchev–Trinajstić information content (AvgIpc) is 3.05. The Morgan fingerprint density at radius 1 is 1.31 bits per heavy atom. The van der Waals surface area contributed by atoms with Crippen LogP contribution in [0.15, 0.2) is 36.5 Å². The molecule has 2 rings (SSSR count). The second kappa shape index (κ2) is 8.70. The van der Waals surface area contributed by atoms with Crippen LogP contribution in [0.1, 0.15) is 22.5 Å². The first-order valence-corrected chi connectivity index (χ1v) is 8.02. The molecule has 9 heteroatoms. The Morgan fingerprint density at radius 2 is 2.08 bits per heavy atom. The molecule has 2 aromatic rings. The molecule has 1 amide bonds. The molecular weight excluding hydrogens is 349 g/mol. The largest absolute Gasteiger partial charge is 0.471 e. The van der Waals surface area contributed by atoms with Crippen molar-refractivity contribution in [2.45, 2.75) is 19.3 Å². The van der Waals surface area contributed by atoms with Crippen molar-refractivity contribution in [2.75, 3.05) is 27.2 Å². The van der Waals surface area contributed by atoms with Crippen LogP contribution >= 0.6 is 0 Å². The Balaban J connectivity index is 1.86. The molecule has 6 nitrogen and oxygen atoms in total. The van der Waals surface area contributed by atoms with Crippen LogP contribution in [-0.4, -0.2) is 47.8 Å². The van der Waals surface area contributed by atoms with Gasteiger partial charge < -0.3 is 15.0 Å². The van der Waals surface area contributed by atoms with Gasteiger partial charge in [0.1, 0.15) is 11.4 Å². The Labute approximate surface area is 149 Å². The SMILES string of the molecule is CN(C)CCCNC(=O)c1ccn(COc2cccc(C(F)(F)F)c2)n1. The van der Waals surface area contributed by atoms with Crippen LogP contribution < -0.4 is 10.1 Å². The highest BCUT2D eigenvalue weighted by Crippen LogP contribution is 2.31. The number of hydrogen-bond acceptors (Lipinski definition) is 4. The zero-order valence-electron chi connectivity index (χ0n) is 14.6. The van der Waals surface area contributed by atoms with E-state index in [-0.39, 0.29) is 24.1 Å². The molecule has 1 aromatic heterocycles. The standard InChI is InChI=1S/C17H21F3N4O2/c1-23(2)9-4-8-21-16(25)15-7-10-24(22-15)12-26-14-6-3-5-13(11-14)17(18,19)20/h3,5-7,10-11H,4,8-9,12H2,1-2H3,(H,21,25). The molecule has 0 aliphatic carbocycles. The smallest absolute Gasteiger partial charge is 0.416 e. The molecular formula is C17H21F3N4O2. The molecule has 0 fully saturated rings. The average molecular weight is 370 g/mol. The molecule has 0 bridgehead atoms. The number of carbonyl (C=O) groups is 1. The predicted octanol–water partition coefficient (Wildman–Crippen LogP) is 2.62. The van der Waals surface area contributed by atoms with Crippen molar-refractivity contribution in [2.24, 2.45) is 0 Å². The summed E-state index contributed by atoms with van der Waals surface area (Å²) in [5, 5.41) is 6.82. The van der Waals surface area contributed by atoms with E-state index in [2.05, 4.69) is 10.4 Å². The minimum Gasteiger partial charge on any atom is -0.471 e. The number of rotatable bonds is 8. The van der Waals surface area contributed by atoms with Crippen molar-refractivity contribution in [3.05, 3.63) is 47.8 Å². The van der Waals surface area contributed by atoms with Crippen LogP contribution in [-0.2, 0) is 12.9 Å². The molecule has 0 aliphatic rings. The van der Waals surface area contributed by atoms with Crippen molar-refractivity contribution in [1.29, 1.82) is 0 Å². The highest BCUT2D eigenvalue weighted by atomic mass is 19.4. The zero-order valence-corrected chi connectivity index (χ0v) is 14.6. The van der Waals surface area contributed by atoms with Gasteiger partial charge in [0.05, 0.1) is 5.56 Å². The van der Waals surface area contributed by atoms with Gasteiger partial charge in [0, 0.05) is 12.7 Å². The second-order valence-electron chi connectivity index (χ2n) is 5.95. The van der Waals surface area contributed by atoms with E-state index < -0.39 is 11.7 Å². The van der Waals surface area contributed by atoms with Crippen LogP contribution in [0.2, 0.25) is 0 Å². The summed E-state index contributed by atoms with van der Waals surface area (Å²) < 4.78 is 44.7. The van der Waals surface area contributed by atoms with Gasteiger partial charge in [-0.15, -0.1) is 0 Å². The molecule has 1 N–H and O–H groups in total. The maximum Gasteiger partial charge on any atom is 0.416 e. The maximum absolute atomic E-state index is 12.7. The normalized spacial score (nSPS) is 11.6. The summed E-state index contributed by atoms with van der Waals surface area (Å²) in [5.74, 6) is -0.230. The molecule has 0 atom stereocenters. The number of amides is 1. The first-order chi connectivity index (χ1) is 12.3. The quantitative estimate of drug-likeness (QED) is 0.726. The fraction of sp³-hybridized carbons (Fsp3) is 0.412. The zero-order chi connectivity index (χ0) is 19.2. The number of nitrogens with zero attached hydrogens (tertiary/aromatic N) is 3. The molecule has 0 spiro atoms. The molecule has 0 saturated carbocycles. The summed E-state index contributed by atoms with van der Waals surface area (Å²) in [5.41, 5.74) is -0.559. The van der Waals surface area contributed by atoms with Crippen LogP contribution in [0, 0.1) is 0 Å². The van der Waals surface area contributed by atoms with Crippen LogP contribution in [0.25, 0.3) is 0 Å². The van der Waals surface area contributed by atoms with E-state index in [0.717, 1.165) is 25.1 Å². The van der Waals surface area contributed by atoms with E-state index in [9.17, 15) is 18.0 Å². The number of aromatic nitrogens is 2. The summed E-state index contributed by atoms with van der Waals surface area (Å²) >= 11 is 0. The lowest BCUT2D eigenvalue weighted by Gasteiger charge is -2.10. The van der Waals surface area contributed by atoms with Gasteiger partial charge in [-0.1, -0.05) is 6.07 Å². The van der Waals surface area contributed by atoms with Gasteiger partial charge in [0.25, 0.3) is 5.91 Å². The van der Waals surface area contributed by atoms with Crippen molar-refractivity contribution in [3.63, 3.8) is 0 Å². The Morgan fingerprint density at radius 3 is 2.77 bits per heavy atom. The van der Waals surface area contributed by atoms with Gasteiger partial charge in [0.2, 0.25) is 0 Å². The number of ether oxygens (including phenoxy) is 1.